The van der Waals surface area contributed by atoms with E-state index in [2.05, 4.69) is 10.1 Å². The van der Waals surface area contributed by atoms with Gasteiger partial charge in [-0.3, -0.25) is 14.0 Å². The number of hydrogen-bond donors (Lipinski definition) is 2. The Bertz CT molecular complexity index is 1440. The molecule has 4 atom stereocenters. The number of nitrogens with one attached hydrogen (secondary N) is 1. The molecular formula is C22H23ClFN7O. The smallest absolute Gasteiger partial charge is 0.264 e. The minimum Gasteiger partial charge on any atom is -0.345 e. The number of H-pyrrole nitrogens is 1. The molecule has 32 heavy (non-hydrogen) atoms. The fourth-order valence-electron chi connectivity index (χ4n) is 5.48. The van der Waals surface area contributed by atoms with Gasteiger partial charge < -0.3 is 15.6 Å². The molecule has 2 aliphatic rings. The number of nitrogens with zero attached hydrogens (tertiary/aromatic N) is 5. The van der Waals surface area contributed by atoms with Crippen LogP contribution in [0.15, 0.2) is 29.3 Å². The van der Waals surface area contributed by atoms with Crippen LogP contribution in [0, 0.1) is 0 Å². The van der Waals surface area contributed by atoms with Gasteiger partial charge in [-0.05, 0) is 25.3 Å². The summed E-state index contributed by atoms with van der Waals surface area (Å²) in [4.78, 5) is 23.4. The number of alkyl halides is 1. The lowest BCUT2D eigenvalue weighted by atomic mass is 9.96. The number of nitrogens with two attached hydrogens (primary N) is 1. The van der Waals surface area contributed by atoms with Crippen molar-refractivity contribution in [2.24, 2.45) is 19.8 Å². The van der Waals surface area contributed by atoms with Crippen LogP contribution >= 0.6 is 11.6 Å². The molecule has 2 saturated heterocycles. The summed E-state index contributed by atoms with van der Waals surface area (Å²) in [5.41, 5.74) is 8.47. The quantitative estimate of drug-likeness (QED) is 0.484. The van der Waals surface area contributed by atoms with Gasteiger partial charge in [0.15, 0.2) is 0 Å². The van der Waals surface area contributed by atoms with Crippen LogP contribution in [-0.4, -0.2) is 48.6 Å². The largest absolute Gasteiger partial charge is 0.345 e. The molecule has 8 nitrogen and oxygen atoms in total. The van der Waals surface area contributed by atoms with Gasteiger partial charge in [-0.25, -0.2) is 4.39 Å². The highest BCUT2D eigenvalue weighted by Crippen LogP contribution is 2.40. The van der Waals surface area contributed by atoms with Crippen molar-refractivity contribution in [3.8, 4) is 11.1 Å². The third-order valence-corrected chi connectivity index (χ3v) is 7.42. The summed E-state index contributed by atoms with van der Waals surface area (Å²) in [5.74, 6) is 0.478. The van der Waals surface area contributed by atoms with E-state index in [1.54, 1.807) is 17.9 Å². The van der Waals surface area contributed by atoms with Crippen molar-refractivity contribution in [2.45, 2.75) is 43.6 Å². The van der Waals surface area contributed by atoms with Crippen LogP contribution in [0.4, 0.5) is 10.3 Å². The number of aromatic amines is 1. The molecule has 5 heterocycles. The molecule has 10 heteroatoms. The topological polar surface area (TPSA) is 97.8 Å². The van der Waals surface area contributed by atoms with Crippen LogP contribution in [0.5, 0.6) is 0 Å². The molecule has 0 radical (unpaired) electrons. The van der Waals surface area contributed by atoms with E-state index in [1.807, 2.05) is 30.3 Å². The van der Waals surface area contributed by atoms with Crippen molar-refractivity contribution >= 4 is 39.5 Å². The van der Waals surface area contributed by atoms with Crippen molar-refractivity contribution in [3.05, 3.63) is 39.9 Å². The maximum atomic E-state index is 14.8. The zero-order valence-electron chi connectivity index (χ0n) is 17.7. The van der Waals surface area contributed by atoms with Gasteiger partial charge in [0.25, 0.3) is 5.56 Å². The van der Waals surface area contributed by atoms with Crippen LogP contribution in [0.3, 0.4) is 0 Å². The number of halogens is 2. The number of aryl methyl sites for hydroxylation is 1. The third-order valence-electron chi connectivity index (χ3n) is 7.02. The van der Waals surface area contributed by atoms with Crippen molar-refractivity contribution in [1.29, 1.82) is 0 Å². The van der Waals surface area contributed by atoms with Crippen LogP contribution in [0.1, 0.15) is 19.3 Å². The predicted molar refractivity (Wildman–Crippen MR) is 123 cm³/mol. The van der Waals surface area contributed by atoms with Crippen molar-refractivity contribution in [2.75, 3.05) is 4.90 Å². The zero-order chi connectivity index (χ0) is 22.3. The number of hydrogen-bond acceptors (Lipinski definition) is 5. The molecule has 2 fully saturated rings. The third kappa shape index (κ3) is 2.61. The van der Waals surface area contributed by atoms with Gasteiger partial charge >= 0.3 is 0 Å². The lowest BCUT2D eigenvalue weighted by molar-refractivity contribution is 0.202. The Morgan fingerprint density at radius 2 is 2.06 bits per heavy atom. The second-order valence-electron chi connectivity index (χ2n) is 8.91. The van der Waals surface area contributed by atoms with Crippen molar-refractivity contribution in [3.63, 3.8) is 0 Å². The average Bonchev–Trinajstić information content (AvgIpc) is 3.44. The summed E-state index contributed by atoms with van der Waals surface area (Å²) in [5, 5.41) is 6.19. The fourth-order valence-corrected chi connectivity index (χ4v) is 5.79. The van der Waals surface area contributed by atoms with Crippen molar-refractivity contribution in [1.82, 2.24) is 24.3 Å². The first-order valence-corrected chi connectivity index (χ1v) is 11.1. The fraction of sp³-hybridized carbons (Fsp3) is 0.409. The number of aromatic nitrogens is 5. The molecule has 0 unspecified atom stereocenters. The van der Waals surface area contributed by atoms with Gasteiger partial charge in [0.1, 0.15) is 11.8 Å². The molecule has 166 valence electrons. The molecule has 2 bridgehead atoms. The van der Waals surface area contributed by atoms with Gasteiger partial charge in [0, 0.05) is 55.1 Å². The molecule has 0 saturated carbocycles. The van der Waals surface area contributed by atoms with Crippen LogP contribution in [0.2, 0.25) is 5.02 Å². The predicted octanol–water partition coefficient (Wildman–Crippen LogP) is 2.88. The van der Waals surface area contributed by atoms with Gasteiger partial charge in [-0.1, -0.05) is 17.7 Å². The second kappa shape index (κ2) is 6.79. The lowest BCUT2D eigenvalue weighted by Gasteiger charge is -2.41. The Kier molecular flexibility index (Phi) is 4.19. The minimum absolute atomic E-state index is 0.0921. The molecule has 6 rings (SSSR count). The SMILES string of the molecule is Cn1cc2c(Cl)c(-c3c[nH]c4nc(N5[C@@H]6CC[C@H]5[C@H](F)[C@H](N)C6)n(C)c(=O)c34)ccc2n1. The maximum absolute atomic E-state index is 14.8. The zero-order valence-corrected chi connectivity index (χ0v) is 18.5. The molecule has 1 aromatic carbocycles. The van der Waals surface area contributed by atoms with Gasteiger partial charge in [-0.2, -0.15) is 10.1 Å². The first-order valence-electron chi connectivity index (χ1n) is 10.7. The van der Waals surface area contributed by atoms with E-state index in [-0.39, 0.29) is 17.6 Å². The molecule has 2 aliphatic heterocycles. The summed E-state index contributed by atoms with van der Waals surface area (Å²) < 4.78 is 18.1. The van der Waals surface area contributed by atoms with Gasteiger partial charge in [0.05, 0.1) is 22.0 Å². The lowest BCUT2D eigenvalue weighted by Crippen LogP contribution is -2.56. The Morgan fingerprint density at radius 3 is 2.88 bits per heavy atom. The number of fused-ring (bicyclic) bond motifs is 4. The summed E-state index contributed by atoms with van der Waals surface area (Å²) in [7, 11) is 3.53. The normalized spacial score (nSPS) is 25.3. The molecule has 3 aromatic heterocycles. The summed E-state index contributed by atoms with van der Waals surface area (Å²) in [6.07, 6.45) is 4.60. The maximum Gasteiger partial charge on any atom is 0.264 e. The monoisotopic (exact) mass is 455 g/mol. The molecule has 3 N–H and O–H groups in total. The van der Waals surface area contributed by atoms with Crippen molar-refractivity contribution < 1.29 is 4.39 Å². The Labute approximate surface area is 187 Å². The summed E-state index contributed by atoms with van der Waals surface area (Å²) in [6, 6.07) is 3.03. The number of piperidine rings is 1. The number of benzene rings is 1. The minimum atomic E-state index is -1.13. The van der Waals surface area contributed by atoms with E-state index in [4.69, 9.17) is 22.3 Å². The molecular weight excluding hydrogens is 433 g/mol. The molecule has 0 amide bonds. The van der Waals surface area contributed by atoms with Gasteiger partial charge in [0.2, 0.25) is 5.95 Å². The summed E-state index contributed by atoms with van der Waals surface area (Å²) >= 11 is 6.71. The standard InChI is InChI=1S/C22H23ClFN7O/c1-29-9-13-15(28-29)5-4-11(18(13)23)12-8-26-20-17(12)21(32)30(2)22(27-20)31-10-3-6-16(31)19(24)14(25)7-10/h4-5,8-10,14,16,19,26H,3,6-7,25H2,1-2H3/t10-,14-,16+,19-/m1/s1. The van der Waals surface area contributed by atoms with Crippen LogP contribution in [0.25, 0.3) is 33.1 Å². The van der Waals surface area contributed by atoms with E-state index >= 15 is 0 Å². The average molecular weight is 456 g/mol. The molecule has 0 aliphatic carbocycles. The van der Waals surface area contributed by atoms with E-state index < -0.39 is 12.2 Å². The first-order chi connectivity index (χ1) is 15.3. The molecule has 4 aromatic rings. The van der Waals surface area contributed by atoms with Gasteiger partial charge in [-0.15, -0.1) is 0 Å². The van der Waals surface area contributed by atoms with E-state index in [9.17, 15) is 9.18 Å². The first kappa shape index (κ1) is 19.8. The number of rotatable bonds is 2. The molecule has 0 spiro atoms. The number of anilines is 1. The summed E-state index contributed by atoms with van der Waals surface area (Å²) in [6.45, 7) is 0. The Hall–Kier alpha value is -2.91. The van der Waals surface area contributed by atoms with E-state index in [0.717, 1.165) is 22.9 Å². The van der Waals surface area contributed by atoms with E-state index in [0.29, 0.717) is 40.4 Å². The van der Waals surface area contributed by atoms with E-state index in [1.165, 1.54) is 4.57 Å². The Balaban J connectivity index is 1.52. The highest BCUT2D eigenvalue weighted by atomic mass is 35.5. The highest BCUT2D eigenvalue weighted by molar-refractivity contribution is 6.38. The Morgan fingerprint density at radius 1 is 1.25 bits per heavy atom. The highest BCUT2D eigenvalue weighted by Gasteiger charge is 2.48. The second-order valence-corrected chi connectivity index (χ2v) is 9.29. The van der Waals surface area contributed by atoms with Crippen LogP contribution < -0.4 is 16.2 Å². The van der Waals surface area contributed by atoms with Crippen LogP contribution in [-0.2, 0) is 14.1 Å².